The normalized spacial score (nSPS) is 25.5. The first-order valence-corrected chi connectivity index (χ1v) is 6.88. The maximum atomic E-state index is 5.93. The third-order valence-electron chi connectivity index (χ3n) is 3.78. The Labute approximate surface area is 103 Å². The topological polar surface area (TPSA) is 35.3 Å². The predicted octanol–water partition coefficient (Wildman–Crippen LogP) is 3.92. The van der Waals surface area contributed by atoms with Gasteiger partial charge in [-0.1, -0.05) is 19.0 Å². The molecule has 1 aliphatic carbocycles. The Morgan fingerprint density at radius 1 is 1.18 bits per heavy atom. The van der Waals surface area contributed by atoms with E-state index >= 15 is 0 Å². The van der Waals surface area contributed by atoms with Crippen molar-refractivity contribution in [2.45, 2.75) is 63.9 Å². The zero-order valence-electron chi connectivity index (χ0n) is 10.7. The van der Waals surface area contributed by atoms with Crippen LogP contribution in [0.3, 0.4) is 0 Å². The van der Waals surface area contributed by atoms with Crippen molar-refractivity contribution in [2.75, 3.05) is 6.61 Å². The number of nitrogens with zero attached hydrogens (tertiary/aromatic N) is 1. The van der Waals surface area contributed by atoms with E-state index in [1.165, 1.54) is 31.2 Å². The average Bonchev–Trinajstić information content (AvgIpc) is 3.08. The molecule has 1 aliphatic heterocycles. The number of hydrogen-bond donors (Lipinski definition) is 0. The molecule has 0 spiro atoms. The van der Waals surface area contributed by atoms with Gasteiger partial charge in [0.15, 0.2) is 0 Å². The second-order valence-electron chi connectivity index (χ2n) is 5.63. The van der Waals surface area contributed by atoms with Gasteiger partial charge in [-0.05, 0) is 38.0 Å². The molecule has 3 heteroatoms. The summed E-state index contributed by atoms with van der Waals surface area (Å²) in [5.74, 6) is 2.17. The van der Waals surface area contributed by atoms with Crippen molar-refractivity contribution in [2.24, 2.45) is 0 Å². The van der Waals surface area contributed by atoms with Crippen molar-refractivity contribution in [3.8, 4) is 0 Å². The van der Waals surface area contributed by atoms with Crippen LogP contribution in [0.25, 0.3) is 0 Å². The van der Waals surface area contributed by atoms with Crippen LogP contribution in [0.4, 0.5) is 0 Å². The highest BCUT2D eigenvalue weighted by Gasteiger charge is 2.36. The Kier molecular flexibility index (Phi) is 2.95. The molecule has 2 aliphatic rings. The molecule has 0 N–H and O–H groups in total. The molecule has 17 heavy (non-hydrogen) atoms. The van der Waals surface area contributed by atoms with Crippen molar-refractivity contribution in [1.29, 1.82) is 0 Å². The van der Waals surface area contributed by atoms with Gasteiger partial charge in [0.1, 0.15) is 5.76 Å². The molecule has 0 amide bonds. The second kappa shape index (κ2) is 4.45. The molecule has 0 aromatic carbocycles. The Morgan fingerprint density at radius 3 is 2.59 bits per heavy atom. The van der Waals surface area contributed by atoms with E-state index in [9.17, 15) is 0 Å². The Hall–Kier alpha value is -0.830. The lowest BCUT2D eigenvalue weighted by Gasteiger charge is -2.23. The number of hydrogen-bond acceptors (Lipinski definition) is 3. The van der Waals surface area contributed by atoms with Crippen molar-refractivity contribution >= 4 is 0 Å². The highest BCUT2D eigenvalue weighted by atomic mass is 16.5. The van der Waals surface area contributed by atoms with Crippen LogP contribution >= 0.6 is 0 Å². The van der Waals surface area contributed by atoms with E-state index in [4.69, 9.17) is 9.26 Å². The smallest absolute Gasteiger partial charge is 0.145 e. The SMILES string of the molecule is CC(C)c1noc(C2CC2)c1C1CCCCO1. The van der Waals surface area contributed by atoms with Crippen LogP contribution in [-0.4, -0.2) is 11.8 Å². The van der Waals surface area contributed by atoms with Gasteiger partial charge in [0.2, 0.25) is 0 Å². The molecule has 0 bridgehead atoms. The third-order valence-corrected chi connectivity index (χ3v) is 3.78. The first kappa shape index (κ1) is 11.3. The summed E-state index contributed by atoms with van der Waals surface area (Å²) in [5, 5.41) is 4.30. The van der Waals surface area contributed by atoms with Crippen molar-refractivity contribution in [3.63, 3.8) is 0 Å². The standard InChI is InChI=1S/C14H21NO2/c1-9(2)13-12(11-5-3-4-8-16-11)14(17-15-13)10-6-7-10/h9-11H,3-8H2,1-2H3. The molecule has 1 aromatic rings. The van der Waals surface area contributed by atoms with Gasteiger partial charge in [0.25, 0.3) is 0 Å². The molecular weight excluding hydrogens is 214 g/mol. The van der Waals surface area contributed by atoms with Crippen molar-refractivity contribution in [3.05, 3.63) is 17.0 Å². The molecule has 3 rings (SSSR count). The molecule has 1 atom stereocenters. The van der Waals surface area contributed by atoms with Gasteiger partial charge in [0, 0.05) is 18.1 Å². The summed E-state index contributed by atoms with van der Waals surface area (Å²) in [5.41, 5.74) is 2.42. The first-order chi connectivity index (χ1) is 8.27. The molecule has 0 radical (unpaired) electrons. The molecule has 2 heterocycles. The summed E-state index contributed by atoms with van der Waals surface area (Å²) in [4.78, 5) is 0. The fourth-order valence-electron chi connectivity index (χ4n) is 2.67. The van der Waals surface area contributed by atoms with Gasteiger partial charge in [-0.3, -0.25) is 0 Å². The number of aromatic nitrogens is 1. The van der Waals surface area contributed by atoms with Crippen LogP contribution in [-0.2, 0) is 4.74 Å². The fraction of sp³-hybridized carbons (Fsp3) is 0.786. The van der Waals surface area contributed by atoms with E-state index in [0.29, 0.717) is 11.8 Å². The summed E-state index contributed by atoms with van der Waals surface area (Å²) in [7, 11) is 0. The zero-order valence-corrected chi connectivity index (χ0v) is 10.7. The Morgan fingerprint density at radius 2 is 2.00 bits per heavy atom. The van der Waals surface area contributed by atoms with E-state index in [1.807, 2.05) is 0 Å². The monoisotopic (exact) mass is 235 g/mol. The molecule has 1 saturated heterocycles. The summed E-state index contributed by atoms with van der Waals surface area (Å²) in [6.45, 7) is 5.25. The number of rotatable bonds is 3. The summed E-state index contributed by atoms with van der Waals surface area (Å²) >= 11 is 0. The van der Waals surface area contributed by atoms with E-state index < -0.39 is 0 Å². The van der Waals surface area contributed by atoms with Crippen molar-refractivity contribution < 1.29 is 9.26 Å². The molecule has 94 valence electrons. The van der Waals surface area contributed by atoms with Crippen LogP contribution in [0.5, 0.6) is 0 Å². The van der Waals surface area contributed by atoms with Crippen LogP contribution in [0.15, 0.2) is 4.52 Å². The van der Waals surface area contributed by atoms with Gasteiger partial charge in [-0.15, -0.1) is 0 Å². The van der Waals surface area contributed by atoms with Crippen LogP contribution < -0.4 is 0 Å². The van der Waals surface area contributed by atoms with E-state index in [1.54, 1.807) is 0 Å². The summed E-state index contributed by atoms with van der Waals surface area (Å²) in [6, 6.07) is 0. The van der Waals surface area contributed by atoms with Crippen LogP contribution in [0.1, 0.15) is 80.9 Å². The minimum Gasteiger partial charge on any atom is -0.373 e. The molecule has 3 nitrogen and oxygen atoms in total. The van der Waals surface area contributed by atoms with Gasteiger partial charge in [-0.2, -0.15) is 0 Å². The highest BCUT2D eigenvalue weighted by Crippen LogP contribution is 2.46. The van der Waals surface area contributed by atoms with Crippen molar-refractivity contribution in [1.82, 2.24) is 5.16 Å². The largest absolute Gasteiger partial charge is 0.373 e. The molecule has 1 aromatic heterocycles. The average molecular weight is 235 g/mol. The second-order valence-corrected chi connectivity index (χ2v) is 5.63. The maximum absolute atomic E-state index is 5.93. The fourth-order valence-corrected chi connectivity index (χ4v) is 2.67. The third kappa shape index (κ3) is 2.13. The molecule has 2 fully saturated rings. The molecule has 1 saturated carbocycles. The minimum absolute atomic E-state index is 0.239. The number of ether oxygens (including phenoxy) is 1. The van der Waals surface area contributed by atoms with Gasteiger partial charge < -0.3 is 9.26 Å². The predicted molar refractivity (Wildman–Crippen MR) is 65.1 cm³/mol. The first-order valence-electron chi connectivity index (χ1n) is 6.88. The van der Waals surface area contributed by atoms with Crippen LogP contribution in [0.2, 0.25) is 0 Å². The Bertz CT molecular complexity index is 367. The Balaban J connectivity index is 1.94. The lowest BCUT2D eigenvalue weighted by Crippen LogP contribution is -2.14. The molecular formula is C14H21NO2. The lowest BCUT2D eigenvalue weighted by molar-refractivity contribution is 0.0133. The maximum Gasteiger partial charge on any atom is 0.145 e. The minimum atomic E-state index is 0.239. The van der Waals surface area contributed by atoms with E-state index in [-0.39, 0.29) is 6.10 Å². The highest BCUT2D eigenvalue weighted by molar-refractivity contribution is 5.32. The molecule has 1 unspecified atom stereocenters. The quantitative estimate of drug-likeness (QED) is 0.796. The van der Waals surface area contributed by atoms with Gasteiger partial charge in [0.05, 0.1) is 11.8 Å². The summed E-state index contributed by atoms with van der Waals surface area (Å²) in [6.07, 6.45) is 6.33. The summed E-state index contributed by atoms with van der Waals surface area (Å²) < 4.78 is 11.5. The van der Waals surface area contributed by atoms with Crippen LogP contribution in [0, 0.1) is 0 Å². The van der Waals surface area contributed by atoms with Gasteiger partial charge in [-0.25, -0.2) is 0 Å². The van der Waals surface area contributed by atoms with Gasteiger partial charge >= 0.3 is 0 Å². The van der Waals surface area contributed by atoms with E-state index in [0.717, 1.165) is 24.5 Å². The van der Waals surface area contributed by atoms with E-state index in [2.05, 4.69) is 19.0 Å². The lowest BCUT2D eigenvalue weighted by atomic mass is 9.94. The zero-order chi connectivity index (χ0) is 11.8.